The molecule has 15 heavy (non-hydrogen) atoms. The van der Waals surface area contributed by atoms with Crippen molar-refractivity contribution in [1.29, 1.82) is 0 Å². The molecule has 0 radical (unpaired) electrons. The van der Waals surface area contributed by atoms with Crippen LogP contribution in [0, 0.1) is 0 Å². The Kier molecular flexibility index (Phi) is 4.93. The first-order valence-electron chi connectivity index (χ1n) is 4.96. The van der Waals surface area contributed by atoms with Crippen molar-refractivity contribution in [2.75, 3.05) is 13.2 Å². The van der Waals surface area contributed by atoms with Gasteiger partial charge >= 0.3 is 0 Å². The quantitative estimate of drug-likeness (QED) is 0.531. The summed E-state index contributed by atoms with van der Waals surface area (Å²) in [4.78, 5) is 14.7. The Morgan fingerprint density at radius 1 is 1.40 bits per heavy atom. The van der Waals surface area contributed by atoms with Gasteiger partial charge in [0, 0.05) is 25.0 Å². The van der Waals surface area contributed by atoms with Crippen LogP contribution in [0.15, 0.2) is 18.3 Å². The van der Waals surface area contributed by atoms with Gasteiger partial charge < -0.3 is 9.47 Å². The SMILES string of the molecule is CCOC(OCC)c1cccnc1C=O. The van der Waals surface area contributed by atoms with Crippen molar-refractivity contribution in [2.24, 2.45) is 0 Å². The monoisotopic (exact) mass is 209 g/mol. The third kappa shape index (κ3) is 3.11. The first-order chi connectivity index (χ1) is 7.33. The molecule has 0 amide bonds. The van der Waals surface area contributed by atoms with Crippen LogP contribution in [0.25, 0.3) is 0 Å². The van der Waals surface area contributed by atoms with E-state index in [1.54, 1.807) is 18.3 Å². The zero-order chi connectivity index (χ0) is 11.1. The number of hydrogen-bond donors (Lipinski definition) is 0. The van der Waals surface area contributed by atoms with Crippen LogP contribution in [0.5, 0.6) is 0 Å². The molecule has 0 bridgehead atoms. The van der Waals surface area contributed by atoms with Gasteiger partial charge in [-0.25, -0.2) is 0 Å². The Morgan fingerprint density at radius 3 is 2.60 bits per heavy atom. The van der Waals surface area contributed by atoms with Crippen LogP contribution in [0.1, 0.15) is 36.2 Å². The molecule has 0 aliphatic rings. The minimum Gasteiger partial charge on any atom is -0.349 e. The van der Waals surface area contributed by atoms with E-state index in [1.165, 1.54) is 0 Å². The number of rotatable bonds is 6. The van der Waals surface area contributed by atoms with E-state index in [1.807, 2.05) is 13.8 Å². The average molecular weight is 209 g/mol. The van der Waals surface area contributed by atoms with E-state index in [-0.39, 0.29) is 0 Å². The number of aromatic nitrogens is 1. The van der Waals surface area contributed by atoms with E-state index in [4.69, 9.17) is 9.47 Å². The number of hydrogen-bond acceptors (Lipinski definition) is 4. The van der Waals surface area contributed by atoms with Crippen LogP contribution in [0.3, 0.4) is 0 Å². The van der Waals surface area contributed by atoms with Gasteiger partial charge in [-0.15, -0.1) is 0 Å². The molecule has 4 heteroatoms. The summed E-state index contributed by atoms with van der Waals surface area (Å²) in [6.45, 7) is 4.81. The molecular weight excluding hydrogens is 194 g/mol. The number of nitrogens with zero attached hydrogens (tertiary/aromatic N) is 1. The molecule has 0 unspecified atom stereocenters. The maximum Gasteiger partial charge on any atom is 0.185 e. The molecule has 4 nitrogen and oxygen atoms in total. The third-order valence-electron chi connectivity index (χ3n) is 1.87. The lowest BCUT2D eigenvalue weighted by Crippen LogP contribution is -2.11. The first-order valence-corrected chi connectivity index (χ1v) is 4.96. The zero-order valence-corrected chi connectivity index (χ0v) is 8.97. The van der Waals surface area contributed by atoms with Crippen LogP contribution in [-0.4, -0.2) is 24.5 Å². The summed E-state index contributed by atoms with van der Waals surface area (Å²) >= 11 is 0. The van der Waals surface area contributed by atoms with Gasteiger partial charge in [-0.3, -0.25) is 9.78 Å². The second-order valence-corrected chi connectivity index (χ2v) is 2.84. The molecule has 1 aromatic heterocycles. The molecule has 0 aromatic carbocycles. The fourth-order valence-corrected chi connectivity index (χ4v) is 1.26. The summed E-state index contributed by atoms with van der Waals surface area (Å²) in [7, 11) is 0. The van der Waals surface area contributed by atoms with Crippen molar-refractivity contribution in [1.82, 2.24) is 4.98 Å². The largest absolute Gasteiger partial charge is 0.349 e. The maximum atomic E-state index is 10.8. The van der Waals surface area contributed by atoms with Gasteiger partial charge in [0.15, 0.2) is 12.6 Å². The highest BCUT2D eigenvalue weighted by Gasteiger charge is 2.15. The first kappa shape index (κ1) is 11.8. The van der Waals surface area contributed by atoms with Crippen LogP contribution in [-0.2, 0) is 9.47 Å². The highest BCUT2D eigenvalue weighted by molar-refractivity contribution is 5.74. The van der Waals surface area contributed by atoms with E-state index >= 15 is 0 Å². The fourth-order valence-electron chi connectivity index (χ4n) is 1.26. The van der Waals surface area contributed by atoms with E-state index in [0.717, 1.165) is 0 Å². The second kappa shape index (κ2) is 6.27. The van der Waals surface area contributed by atoms with E-state index < -0.39 is 6.29 Å². The van der Waals surface area contributed by atoms with Crippen LogP contribution in [0.4, 0.5) is 0 Å². The zero-order valence-electron chi connectivity index (χ0n) is 8.97. The number of aldehydes is 1. The van der Waals surface area contributed by atoms with Gasteiger partial charge in [-0.05, 0) is 19.9 Å². The van der Waals surface area contributed by atoms with Gasteiger partial charge in [0.05, 0.1) is 0 Å². The molecule has 1 rings (SSSR count). The lowest BCUT2D eigenvalue weighted by Gasteiger charge is -2.17. The molecule has 0 spiro atoms. The third-order valence-corrected chi connectivity index (χ3v) is 1.87. The summed E-state index contributed by atoms with van der Waals surface area (Å²) in [5, 5.41) is 0. The van der Waals surface area contributed by atoms with Gasteiger partial charge in [-0.1, -0.05) is 6.07 Å². The van der Waals surface area contributed by atoms with Crippen molar-refractivity contribution in [2.45, 2.75) is 20.1 Å². The summed E-state index contributed by atoms with van der Waals surface area (Å²) in [6.07, 6.45) is 1.77. The molecule has 0 aliphatic carbocycles. The highest BCUT2D eigenvalue weighted by atomic mass is 16.7. The van der Waals surface area contributed by atoms with E-state index in [9.17, 15) is 4.79 Å². The van der Waals surface area contributed by atoms with Gasteiger partial charge in [0.1, 0.15) is 5.69 Å². The van der Waals surface area contributed by atoms with E-state index in [2.05, 4.69) is 4.98 Å². The van der Waals surface area contributed by atoms with Crippen molar-refractivity contribution in [3.63, 3.8) is 0 Å². The standard InChI is InChI=1S/C11H15NO3/c1-3-14-11(15-4-2)9-6-5-7-12-10(9)8-13/h5-8,11H,3-4H2,1-2H3. The normalized spacial score (nSPS) is 10.6. The maximum absolute atomic E-state index is 10.8. The lowest BCUT2D eigenvalue weighted by atomic mass is 10.2. The van der Waals surface area contributed by atoms with Gasteiger partial charge in [0.25, 0.3) is 0 Å². The summed E-state index contributed by atoms with van der Waals surface area (Å²) in [5.74, 6) is 0. The lowest BCUT2D eigenvalue weighted by molar-refractivity contribution is -0.140. The van der Waals surface area contributed by atoms with E-state index in [0.29, 0.717) is 30.8 Å². The van der Waals surface area contributed by atoms with Crippen molar-refractivity contribution >= 4 is 6.29 Å². The minimum absolute atomic E-state index is 0.365. The molecule has 0 saturated heterocycles. The molecule has 1 aromatic rings. The predicted octanol–water partition coefficient (Wildman–Crippen LogP) is 1.97. The minimum atomic E-state index is -0.506. The number of ether oxygens (including phenoxy) is 2. The summed E-state index contributed by atoms with van der Waals surface area (Å²) in [5.41, 5.74) is 1.04. The van der Waals surface area contributed by atoms with Crippen molar-refractivity contribution < 1.29 is 14.3 Å². The average Bonchev–Trinajstić information content (AvgIpc) is 2.29. The Bertz CT molecular complexity index is 308. The molecule has 0 fully saturated rings. The topological polar surface area (TPSA) is 48.4 Å². The van der Waals surface area contributed by atoms with Crippen molar-refractivity contribution in [3.8, 4) is 0 Å². The fraction of sp³-hybridized carbons (Fsp3) is 0.455. The molecule has 82 valence electrons. The Morgan fingerprint density at radius 2 is 2.07 bits per heavy atom. The highest BCUT2D eigenvalue weighted by Crippen LogP contribution is 2.20. The molecule has 0 N–H and O–H groups in total. The van der Waals surface area contributed by atoms with Crippen LogP contribution < -0.4 is 0 Å². The Labute approximate surface area is 89.2 Å². The van der Waals surface area contributed by atoms with Crippen molar-refractivity contribution in [3.05, 3.63) is 29.6 Å². The number of carbonyl (C=O) groups is 1. The molecular formula is C11H15NO3. The van der Waals surface area contributed by atoms with Crippen LogP contribution in [0.2, 0.25) is 0 Å². The summed E-state index contributed by atoms with van der Waals surface area (Å²) in [6, 6.07) is 3.54. The molecule has 0 aliphatic heterocycles. The smallest absolute Gasteiger partial charge is 0.185 e. The number of pyridine rings is 1. The second-order valence-electron chi connectivity index (χ2n) is 2.84. The molecule has 1 heterocycles. The summed E-state index contributed by atoms with van der Waals surface area (Å²) < 4.78 is 10.8. The molecule has 0 atom stereocenters. The predicted molar refractivity (Wildman–Crippen MR) is 55.6 cm³/mol. The Balaban J connectivity index is 2.92. The van der Waals surface area contributed by atoms with Crippen LogP contribution >= 0.6 is 0 Å². The Hall–Kier alpha value is -1.26. The number of carbonyl (C=O) groups excluding carboxylic acids is 1. The van der Waals surface area contributed by atoms with Gasteiger partial charge in [-0.2, -0.15) is 0 Å². The molecule has 0 saturated carbocycles. The van der Waals surface area contributed by atoms with Gasteiger partial charge in [0.2, 0.25) is 0 Å².